The Kier molecular flexibility index (Phi) is 10.4. The van der Waals surface area contributed by atoms with Crippen molar-refractivity contribution in [2.24, 2.45) is 0 Å². The minimum atomic E-state index is 0. The Hall–Kier alpha value is 0.943. The van der Waals surface area contributed by atoms with Gasteiger partial charge in [-0.05, 0) is 0 Å². The van der Waals surface area contributed by atoms with Gasteiger partial charge in [-0.15, -0.1) is 0 Å². The third-order valence-electron chi connectivity index (χ3n) is 2.32. The van der Waals surface area contributed by atoms with Gasteiger partial charge >= 0.3 is 84.8 Å². The van der Waals surface area contributed by atoms with Gasteiger partial charge in [0.15, 0.2) is 0 Å². The fourth-order valence-corrected chi connectivity index (χ4v) is 2.09. The van der Waals surface area contributed by atoms with Gasteiger partial charge in [0.2, 0.25) is 0 Å². The summed E-state index contributed by atoms with van der Waals surface area (Å²) in [7, 11) is 0. The van der Waals surface area contributed by atoms with E-state index in [4.69, 9.17) is 0 Å². The van der Waals surface area contributed by atoms with E-state index in [1.54, 1.807) is 39.1 Å². The van der Waals surface area contributed by atoms with Gasteiger partial charge in [-0.3, -0.25) is 0 Å². The number of allylic oxidation sites excluding steroid dienone is 4. The second kappa shape index (κ2) is 8.27. The predicted octanol–water partition coefficient (Wildman–Crippen LogP) is -2.66. The Balaban J connectivity index is 0. The summed E-state index contributed by atoms with van der Waals surface area (Å²) in [4.78, 5) is 0. The molecular weight excluding hydrogens is 282 g/mol. The van der Waals surface area contributed by atoms with Crippen LogP contribution in [0.4, 0.5) is 0 Å². The van der Waals surface area contributed by atoms with Crippen LogP contribution in [0, 0.1) is 0 Å². The Labute approximate surface area is 109 Å². The molecule has 0 nitrogen and oxygen atoms in total. The van der Waals surface area contributed by atoms with Crippen molar-refractivity contribution in [2.45, 2.75) is 39.5 Å². The minimum Gasteiger partial charge on any atom is -1.00 e. The van der Waals surface area contributed by atoms with Gasteiger partial charge in [0, 0.05) is 0 Å². The average Bonchev–Trinajstić information content (AvgIpc) is 2.31. The molecule has 0 heterocycles. The van der Waals surface area contributed by atoms with E-state index in [9.17, 15) is 0 Å². The molecule has 0 atom stereocenters. The third-order valence-corrected chi connectivity index (χ3v) is 3.74. The van der Waals surface area contributed by atoms with Crippen molar-refractivity contribution in [1.82, 2.24) is 0 Å². The minimum absolute atomic E-state index is 0. The first-order valence-corrected chi connectivity index (χ1v) is 5.59. The zero-order valence-corrected chi connectivity index (χ0v) is 12.1. The van der Waals surface area contributed by atoms with Gasteiger partial charge in [-0.2, -0.15) is 0 Å². The smallest absolute Gasteiger partial charge is 1.00 e. The maximum absolute atomic E-state index is 2.39. The molecule has 0 aromatic rings. The summed E-state index contributed by atoms with van der Waals surface area (Å²) < 4.78 is 1.59. The molecule has 0 saturated carbocycles. The second-order valence-electron chi connectivity index (χ2n) is 3.15. The zero-order chi connectivity index (χ0) is 8.27. The molecule has 0 bridgehead atoms. The normalized spacial score (nSPS) is 14.9. The quantitative estimate of drug-likeness (QED) is 0.533. The SMILES string of the molecule is CCCCC1=C(C)[C]([Zr+2])=CC1.[Cl-].[Cl-]. The molecule has 73 valence electrons. The molecule has 0 radical (unpaired) electrons. The van der Waals surface area contributed by atoms with E-state index in [1.165, 1.54) is 25.7 Å². The number of hydrogen-bond acceptors (Lipinski definition) is 0. The molecule has 0 fully saturated rings. The summed E-state index contributed by atoms with van der Waals surface area (Å²) in [5.74, 6) is 0. The fraction of sp³-hybridized carbons (Fsp3) is 0.600. The molecule has 0 amide bonds. The number of unbranched alkanes of at least 4 members (excludes halogenated alkanes) is 1. The van der Waals surface area contributed by atoms with Crippen LogP contribution in [-0.4, -0.2) is 0 Å². The van der Waals surface area contributed by atoms with Gasteiger partial charge in [-0.25, -0.2) is 0 Å². The summed E-state index contributed by atoms with van der Waals surface area (Å²) in [6.45, 7) is 4.54. The van der Waals surface area contributed by atoms with Gasteiger partial charge < -0.3 is 24.8 Å². The molecule has 0 unspecified atom stereocenters. The molecular formula is C10H15Cl2Zr. The van der Waals surface area contributed by atoms with E-state index in [0.717, 1.165) is 0 Å². The first kappa shape index (κ1) is 16.4. The van der Waals surface area contributed by atoms with Crippen molar-refractivity contribution in [1.29, 1.82) is 0 Å². The van der Waals surface area contributed by atoms with Crippen LogP contribution in [0.5, 0.6) is 0 Å². The van der Waals surface area contributed by atoms with Crippen molar-refractivity contribution in [2.75, 3.05) is 0 Å². The van der Waals surface area contributed by atoms with Crippen molar-refractivity contribution in [3.05, 3.63) is 20.5 Å². The van der Waals surface area contributed by atoms with E-state index in [1.807, 2.05) is 0 Å². The van der Waals surface area contributed by atoms with E-state index in [-0.39, 0.29) is 24.8 Å². The number of halogens is 2. The van der Waals surface area contributed by atoms with Crippen molar-refractivity contribution < 1.29 is 49.5 Å². The summed E-state index contributed by atoms with van der Waals surface area (Å²) >= 11 is 1.58. The monoisotopic (exact) mass is 295 g/mol. The van der Waals surface area contributed by atoms with Gasteiger partial charge in [0.25, 0.3) is 0 Å². The van der Waals surface area contributed by atoms with Crippen LogP contribution in [0.1, 0.15) is 39.5 Å². The number of hydrogen-bond donors (Lipinski definition) is 0. The van der Waals surface area contributed by atoms with Crippen molar-refractivity contribution in [3.8, 4) is 0 Å². The molecule has 0 N–H and O–H groups in total. The molecule has 0 saturated heterocycles. The van der Waals surface area contributed by atoms with Crippen molar-refractivity contribution >= 4 is 0 Å². The molecule has 3 heteroatoms. The third kappa shape index (κ3) is 4.81. The summed E-state index contributed by atoms with van der Waals surface area (Å²) in [6.07, 6.45) is 7.65. The summed E-state index contributed by atoms with van der Waals surface area (Å²) in [6, 6.07) is 0. The van der Waals surface area contributed by atoms with Gasteiger partial charge in [0.05, 0.1) is 0 Å². The maximum Gasteiger partial charge on any atom is -1.00 e. The number of rotatable bonds is 3. The molecule has 0 spiro atoms. The second-order valence-corrected chi connectivity index (χ2v) is 4.48. The Bertz CT molecular complexity index is 207. The van der Waals surface area contributed by atoms with Crippen LogP contribution in [0.15, 0.2) is 20.5 Å². The fourth-order valence-electron chi connectivity index (χ4n) is 1.40. The Morgan fingerprint density at radius 1 is 1.38 bits per heavy atom. The van der Waals surface area contributed by atoms with Crippen LogP contribution >= 0.6 is 0 Å². The molecule has 1 aliphatic carbocycles. The molecule has 0 aromatic heterocycles. The molecule has 1 rings (SSSR count). The largest absolute Gasteiger partial charge is 1.00 e. The maximum atomic E-state index is 2.39. The predicted molar refractivity (Wildman–Crippen MR) is 44.9 cm³/mol. The molecule has 0 aliphatic heterocycles. The molecule has 13 heavy (non-hydrogen) atoms. The van der Waals surface area contributed by atoms with Gasteiger partial charge in [-0.1, -0.05) is 0 Å². The van der Waals surface area contributed by atoms with Gasteiger partial charge in [0.1, 0.15) is 0 Å². The molecule has 1 aliphatic rings. The van der Waals surface area contributed by atoms with Crippen LogP contribution in [0.3, 0.4) is 0 Å². The van der Waals surface area contributed by atoms with E-state index in [2.05, 4.69) is 19.9 Å². The summed E-state index contributed by atoms with van der Waals surface area (Å²) in [5.41, 5.74) is 3.29. The van der Waals surface area contributed by atoms with Crippen LogP contribution < -0.4 is 24.8 Å². The first-order chi connectivity index (χ1) is 5.25. The van der Waals surface area contributed by atoms with E-state index < -0.39 is 0 Å². The van der Waals surface area contributed by atoms with Crippen molar-refractivity contribution in [3.63, 3.8) is 0 Å². The summed E-state index contributed by atoms with van der Waals surface area (Å²) in [5, 5.41) is 0. The Morgan fingerprint density at radius 3 is 2.38 bits per heavy atom. The van der Waals surface area contributed by atoms with E-state index >= 15 is 0 Å². The Morgan fingerprint density at radius 2 is 2.00 bits per heavy atom. The zero-order valence-electron chi connectivity index (χ0n) is 8.16. The first-order valence-electron chi connectivity index (χ1n) is 4.36. The average molecular weight is 297 g/mol. The van der Waals surface area contributed by atoms with Crippen LogP contribution in [0.2, 0.25) is 0 Å². The van der Waals surface area contributed by atoms with E-state index in [0.29, 0.717) is 0 Å². The molecule has 0 aromatic carbocycles. The van der Waals surface area contributed by atoms with Crippen LogP contribution in [0.25, 0.3) is 0 Å². The topological polar surface area (TPSA) is 0 Å². The van der Waals surface area contributed by atoms with Crippen LogP contribution in [-0.2, 0) is 24.7 Å². The standard InChI is InChI=1S/C10H15.2ClH.Zr/c1-3-4-7-10-8-5-6-9(10)2;;;/h5H,3-4,7-8H2,1-2H3;2*1H;/q;;;+2/p-2.